The van der Waals surface area contributed by atoms with Crippen molar-refractivity contribution in [1.82, 2.24) is 0 Å². The van der Waals surface area contributed by atoms with Crippen LogP contribution < -0.4 is 10.5 Å². The van der Waals surface area contributed by atoms with Gasteiger partial charge in [-0.3, -0.25) is 0 Å². The van der Waals surface area contributed by atoms with Gasteiger partial charge in [0.2, 0.25) is 0 Å². The highest BCUT2D eigenvalue weighted by atomic mass is 35.5. The van der Waals surface area contributed by atoms with Crippen molar-refractivity contribution < 1.29 is 4.74 Å². The monoisotopic (exact) mass is 303 g/mol. The van der Waals surface area contributed by atoms with Gasteiger partial charge >= 0.3 is 0 Å². The van der Waals surface area contributed by atoms with Crippen LogP contribution in [0.4, 0.5) is 0 Å². The molecule has 0 aromatic heterocycles. The van der Waals surface area contributed by atoms with Crippen LogP contribution in [0.3, 0.4) is 0 Å². The van der Waals surface area contributed by atoms with Gasteiger partial charge in [-0.15, -0.1) is 0 Å². The molecule has 0 saturated carbocycles. The molecule has 3 heteroatoms. The summed E-state index contributed by atoms with van der Waals surface area (Å²) in [6, 6.07) is 11.9. The van der Waals surface area contributed by atoms with E-state index in [1.54, 1.807) is 0 Å². The number of ether oxygens (including phenoxy) is 1. The first-order chi connectivity index (χ1) is 10.0. The van der Waals surface area contributed by atoms with Gasteiger partial charge in [-0.2, -0.15) is 0 Å². The zero-order chi connectivity index (χ0) is 15.4. The summed E-state index contributed by atoms with van der Waals surface area (Å²) in [5.41, 5.74) is 9.41. The Balaban J connectivity index is 2.35. The Hall–Kier alpha value is -1.51. The number of hydrogen-bond donors (Lipinski definition) is 1. The third-order valence-electron chi connectivity index (χ3n) is 3.84. The van der Waals surface area contributed by atoms with Gasteiger partial charge < -0.3 is 10.5 Å². The number of hydrogen-bond acceptors (Lipinski definition) is 2. The van der Waals surface area contributed by atoms with Crippen LogP contribution in [0.15, 0.2) is 36.4 Å². The average Bonchev–Trinajstić information content (AvgIpc) is 2.47. The molecule has 2 N–H and O–H groups in total. The van der Waals surface area contributed by atoms with E-state index in [1.807, 2.05) is 30.3 Å². The van der Waals surface area contributed by atoms with Crippen molar-refractivity contribution in [2.45, 2.75) is 39.7 Å². The van der Waals surface area contributed by atoms with E-state index in [4.69, 9.17) is 22.1 Å². The van der Waals surface area contributed by atoms with Crippen LogP contribution in [0, 0.1) is 13.8 Å². The molecule has 0 aliphatic heterocycles. The molecule has 0 fully saturated rings. The first kappa shape index (κ1) is 15.9. The van der Waals surface area contributed by atoms with Gasteiger partial charge in [0, 0.05) is 16.6 Å². The average molecular weight is 304 g/mol. The minimum absolute atomic E-state index is 0.0888. The van der Waals surface area contributed by atoms with Crippen LogP contribution >= 0.6 is 11.6 Å². The Kier molecular flexibility index (Phi) is 5.27. The quantitative estimate of drug-likeness (QED) is 0.841. The third-order valence-corrected chi connectivity index (χ3v) is 4.20. The molecule has 2 nitrogen and oxygen atoms in total. The van der Waals surface area contributed by atoms with E-state index in [0.717, 1.165) is 35.5 Å². The summed E-state index contributed by atoms with van der Waals surface area (Å²) in [6.45, 7) is 6.22. The number of halogens is 1. The number of nitrogens with two attached hydrogens (primary N) is 1. The van der Waals surface area contributed by atoms with Crippen molar-refractivity contribution in [2.75, 3.05) is 0 Å². The zero-order valence-electron chi connectivity index (χ0n) is 12.8. The minimum Gasteiger partial charge on any atom is -0.457 e. The van der Waals surface area contributed by atoms with Crippen molar-refractivity contribution >= 4 is 11.6 Å². The normalized spacial score (nSPS) is 12.2. The molecule has 2 aromatic carbocycles. The fourth-order valence-corrected chi connectivity index (χ4v) is 2.44. The topological polar surface area (TPSA) is 35.2 Å². The van der Waals surface area contributed by atoms with E-state index < -0.39 is 0 Å². The van der Waals surface area contributed by atoms with Crippen molar-refractivity contribution in [2.24, 2.45) is 5.73 Å². The maximum Gasteiger partial charge on any atom is 0.132 e. The number of aryl methyl sites for hydroxylation is 1. The molecule has 2 rings (SSSR count). The molecule has 0 amide bonds. The third kappa shape index (κ3) is 3.78. The predicted molar refractivity (Wildman–Crippen MR) is 89.4 cm³/mol. The molecule has 0 aliphatic rings. The highest BCUT2D eigenvalue weighted by molar-refractivity contribution is 6.31. The van der Waals surface area contributed by atoms with E-state index in [1.165, 1.54) is 5.56 Å². The molecular formula is C18H22ClNO. The molecule has 112 valence electrons. The summed E-state index contributed by atoms with van der Waals surface area (Å²) < 4.78 is 6.11. The summed E-state index contributed by atoms with van der Waals surface area (Å²) in [6.07, 6.45) is 1.63. The molecule has 1 unspecified atom stereocenters. The predicted octanol–water partition coefficient (Wildman–Crippen LogP) is 5.03. The first-order valence-electron chi connectivity index (χ1n) is 7.30. The number of rotatable bonds is 5. The molecule has 0 bridgehead atoms. The van der Waals surface area contributed by atoms with Gasteiger partial charge in [0.15, 0.2) is 0 Å². The van der Waals surface area contributed by atoms with Crippen molar-refractivity contribution in [3.05, 3.63) is 58.1 Å². The lowest BCUT2D eigenvalue weighted by molar-refractivity contribution is 0.468. The van der Waals surface area contributed by atoms with Crippen LogP contribution in [0.5, 0.6) is 11.5 Å². The molecule has 0 aliphatic carbocycles. The fraction of sp³-hybridized carbons (Fsp3) is 0.333. The highest BCUT2D eigenvalue weighted by Crippen LogP contribution is 2.33. The Bertz CT molecular complexity index is 625. The second-order valence-electron chi connectivity index (χ2n) is 5.39. The van der Waals surface area contributed by atoms with Gasteiger partial charge in [0.1, 0.15) is 11.5 Å². The first-order valence-corrected chi connectivity index (χ1v) is 7.67. The maximum atomic E-state index is 6.33. The minimum atomic E-state index is 0.0888. The standard InChI is InChI=1S/C18H22ClNO/c1-4-14(20)11-15-16(19)8-6-10-18(15)21-17-9-5-7-12(2)13(17)3/h5-10,14H,4,11,20H2,1-3H3. The lowest BCUT2D eigenvalue weighted by Crippen LogP contribution is -2.21. The van der Waals surface area contributed by atoms with Gasteiger partial charge in [0.05, 0.1) is 0 Å². The Morgan fingerprint density at radius 3 is 2.48 bits per heavy atom. The molecule has 0 heterocycles. The Morgan fingerprint density at radius 2 is 1.76 bits per heavy atom. The number of benzene rings is 2. The Labute approximate surface area is 131 Å². The van der Waals surface area contributed by atoms with E-state index in [2.05, 4.69) is 26.8 Å². The second kappa shape index (κ2) is 6.97. The largest absolute Gasteiger partial charge is 0.457 e. The molecule has 2 aromatic rings. The highest BCUT2D eigenvalue weighted by Gasteiger charge is 2.13. The van der Waals surface area contributed by atoms with Gasteiger partial charge in [-0.05, 0) is 56.0 Å². The maximum absolute atomic E-state index is 6.33. The van der Waals surface area contributed by atoms with Crippen molar-refractivity contribution in [1.29, 1.82) is 0 Å². The second-order valence-corrected chi connectivity index (χ2v) is 5.80. The van der Waals surface area contributed by atoms with Gasteiger partial charge in [0.25, 0.3) is 0 Å². The van der Waals surface area contributed by atoms with Crippen LogP contribution in [0.2, 0.25) is 5.02 Å². The molecule has 0 saturated heterocycles. The van der Waals surface area contributed by atoms with Crippen molar-refractivity contribution in [3.63, 3.8) is 0 Å². The molecular weight excluding hydrogens is 282 g/mol. The van der Waals surface area contributed by atoms with E-state index in [-0.39, 0.29) is 6.04 Å². The zero-order valence-corrected chi connectivity index (χ0v) is 13.6. The van der Waals surface area contributed by atoms with Crippen LogP contribution in [0.25, 0.3) is 0 Å². The molecule has 0 radical (unpaired) electrons. The van der Waals surface area contributed by atoms with E-state index in [0.29, 0.717) is 5.02 Å². The lowest BCUT2D eigenvalue weighted by Gasteiger charge is -2.17. The van der Waals surface area contributed by atoms with Gasteiger partial charge in [-0.25, -0.2) is 0 Å². The SMILES string of the molecule is CCC(N)Cc1c(Cl)cccc1Oc1cccc(C)c1C. The summed E-state index contributed by atoms with van der Waals surface area (Å²) in [4.78, 5) is 0. The summed E-state index contributed by atoms with van der Waals surface area (Å²) >= 11 is 6.33. The fourth-order valence-electron chi connectivity index (χ4n) is 2.19. The lowest BCUT2D eigenvalue weighted by atomic mass is 10.0. The Morgan fingerprint density at radius 1 is 1.10 bits per heavy atom. The van der Waals surface area contributed by atoms with E-state index >= 15 is 0 Å². The van der Waals surface area contributed by atoms with Crippen LogP contribution in [0.1, 0.15) is 30.0 Å². The molecule has 1 atom stereocenters. The van der Waals surface area contributed by atoms with Crippen LogP contribution in [-0.4, -0.2) is 6.04 Å². The smallest absolute Gasteiger partial charge is 0.132 e. The van der Waals surface area contributed by atoms with Gasteiger partial charge in [-0.1, -0.05) is 36.7 Å². The molecule has 0 spiro atoms. The van der Waals surface area contributed by atoms with Crippen LogP contribution in [-0.2, 0) is 6.42 Å². The summed E-state index contributed by atoms with van der Waals surface area (Å²) in [5, 5.41) is 0.710. The summed E-state index contributed by atoms with van der Waals surface area (Å²) in [5.74, 6) is 1.66. The summed E-state index contributed by atoms with van der Waals surface area (Å²) in [7, 11) is 0. The van der Waals surface area contributed by atoms with E-state index in [9.17, 15) is 0 Å². The van der Waals surface area contributed by atoms with Crippen molar-refractivity contribution in [3.8, 4) is 11.5 Å². The molecule has 21 heavy (non-hydrogen) atoms.